The fourth-order valence-electron chi connectivity index (χ4n) is 4.75. The Balaban J connectivity index is 1.62. The molecule has 0 radical (unpaired) electrons. The van der Waals surface area contributed by atoms with Gasteiger partial charge in [-0.3, -0.25) is 9.79 Å². The number of carbonyl (C=O) groups is 1. The van der Waals surface area contributed by atoms with E-state index in [0.717, 1.165) is 17.9 Å². The average molecular weight is 392 g/mol. The van der Waals surface area contributed by atoms with E-state index in [1.54, 1.807) is 11.8 Å². The number of carboxylic acids is 1. The van der Waals surface area contributed by atoms with Gasteiger partial charge in [-0.25, -0.2) is 0 Å². The van der Waals surface area contributed by atoms with E-state index in [1.165, 1.54) is 12.8 Å². The van der Waals surface area contributed by atoms with Crippen LogP contribution in [0.25, 0.3) is 0 Å². The number of aliphatic imine (C=N–C) groups is 1. The molecule has 5 atom stereocenters. The largest absolute Gasteiger partial charge is 0.481 e. The molecule has 5 nitrogen and oxygen atoms in total. The van der Waals surface area contributed by atoms with Gasteiger partial charge < -0.3 is 15.3 Å². The number of fused-ring (bicyclic) bond motifs is 1. The van der Waals surface area contributed by atoms with Crippen LogP contribution in [0.3, 0.4) is 0 Å². The zero-order chi connectivity index (χ0) is 19.4. The first kappa shape index (κ1) is 20.4. The Morgan fingerprint density at radius 1 is 1.44 bits per heavy atom. The highest BCUT2D eigenvalue weighted by molar-refractivity contribution is 8.13. The van der Waals surface area contributed by atoms with Gasteiger partial charge in [0.2, 0.25) is 0 Å². The van der Waals surface area contributed by atoms with Crippen LogP contribution in [-0.4, -0.2) is 49.8 Å². The molecular weight excluding hydrogens is 362 g/mol. The molecule has 3 N–H and O–H groups in total. The molecule has 0 saturated heterocycles. The van der Waals surface area contributed by atoms with Crippen molar-refractivity contribution in [3.05, 3.63) is 12.2 Å². The van der Waals surface area contributed by atoms with Crippen molar-refractivity contribution >= 4 is 22.8 Å². The summed E-state index contributed by atoms with van der Waals surface area (Å²) in [4.78, 5) is 15.4. The van der Waals surface area contributed by atoms with Crippen LogP contribution in [0.1, 0.15) is 51.4 Å². The highest BCUT2D eigenvalue weighted by Crippen LogP contribution is 2.50. The number of hydrogen-bond acceptors (Lipinski definition) is 5. The Kier molecular flexibility index (Phi) is 6.67. The van der Waals surface area contributed by atoms with Crippen molar-refractivity contribution in [2.75, 3.05) is 5.75 Å². The first-order chi connectivity index (χ1) is 12.9. The second-order valence-corrected chi connectivity index (χ2v) is 9.17. The number of aliphatic carboxylic acids is 1. The number of terminal acetylenes is 1. The molecule has 3 aliphatic rings. The van der Waals surface area contributed by atoms with Gasteiger partial charge in [0, 0.05) is 31.1 Å². The van der Waals surface area contributed by atoms with Crippen LogP contribution in [-0.2, 0) is 4.79 Å². The van der Waals surface area contributed by atoms with Crippen LogP contribution in [0.5, 0.6) is 0 Å². The van der Waals surface area contributed by atoms with E-state index in [2.05, 4.69) is 5.92 Å². The first-order valence-corrected chi connectivity index (χ1v) is 10.9. The van der Waals surface area contributed by atoms with Crippen molar-refractivity contribution in [1.29, 1.82) is 0 Å². The Hall–Kier alpha value is -1.29. The predicted molar refractivity (Wildman–Crippen MR) is 108 cm³/mol. The van der Waals surface area contributed by atoms with Crippen molar-refractivity contribution in [1.82, 2.24) is 0 Å². The van der Waals surface area contributed by atoms with Crippen molar-refractivity contribution < 1.29 is 20.1 Å². The van der Waals surface area contributed by atoms with Crippen LogP contribution < -0.4 is 0 Å². The monoisotopic (exact) mass is 391 g/mol. The van der Waals surface area contributed by atoms with E-state index in [9.17, 15) is 15.0 Å². The smallest absolute Gasteiger partial charge is 0.303 e. The Morgan fingerprint density at radius 2 is 2.19 bits per heavy atom. The Morgan fingerprint density at radius 3 is 2.85 bits per heavy atom. The minimum Gasteiger partial charge on any atom is -0.481 e. The molecule has 0 bridgehead atoms. The van der Waals surface area contributed by atoms with Gasteiger partial charge in [-0.05, 0) is 30.9 Å². The normalized spacial score (nSPS) is 34.6. The maximum atomic E-state index is 10.6. The molecule has 0 amide bonds. The summed E-state index contributed by atoms with van der Waals surface area (Å²) in [6.45, 7) is 0. The molecule has 3 rings (SSSR count). The molecule has 6 heteroatoms. The zero-order valence-corrected chi connectivity index (χ0v) is 16.4. The summed E-state index contributed by atoms with van der Waals surface area (Å²) >= 11 is 1.58. The second kappa shape index (κ2) is 8.81. The lowest BCUT2D eigenvalue weighted by molar-refractivity contribution is -0.137. The van der Waals surface area contributed by atoms with E-state index in [1.807, 2.05) is 12.2 Å². The van der Waals surface area contributed by atoms with Crippen molar-refractivity contribution in [2.24, 2.45) is 22.7 Å². The van der Waals surface area contributed by atoms with Crippen LogP contribution in [0.2, 0.25) is 0 Å². The van der Waals surface area contributed by atoms with Gasteiger partial charge in [-0.2, -0.15) is 0 Å². The van der Waals surface area contributed by atoms with Crippen LogP contribution in [0.4, 0.5) is 0 Å². The van der Waals surface area contributed by atoms with Gasteiger partial charge in [-0.1, -0.05) is 30.9 Å². The van der Waals surface area contributed by atoms with Gasteiger partial charge in [-0.15, -0.1) is 18.2 Å². The second-order valence-electron chi connectivity index (χ2n) is 8.00. The van der Waals surface area contributed by atoms with E-state index >= 15 is 0 Å². The molecule has 2 saturated carbocycles. The average Bonchev–Trinajstić information content (AvgIpc) is 3.32. The molecule has 1 aliphatic heterocycles. The predicted octanol–water partition coefficient (Wildman–Crippen LogP) is 2.86. The summed E-state index contributed by atoms with van der Waals surface area (Å²) in [5.41, 5.74) is -0.665. The van der Waals surface area contributed by atoms with E-state index in [-0.39, 0.29) is 18.3 Å². The number of aliphatic hydroxyl groups is 2. The summed E-state index contributed by atoms with van der Waals surface area (Å²) in [6, 6.07) is 0. The van der Waals surface area contributed by atoms with E-state index < -0.39 is 23.7 Å². The molecule has 2 aliphatic carbocycles. The Labute approximate surface area is 165 Å². The van der Waals surface area contributed by atoms with Gasteiger partial charge in [0.15, 0.2) is 0 Å². The maximum absolute atomic E-state index is 10.6. The van der Waals surface area contributed by atoms with Gasteiger partial charge >= 0.3 is 5.97 Å². The number of carboxylic acid groups (broad SMARTS) is 1. The molecule has 0 spiro atoms. The highest BCUT2D eigenvalue weighted by Gasteiger charge is 2.55. The third kappa shape index (κ3) is 4.59. The lowest BCUT2D eigenvalue weighted by Gasteiger charge is -2.22. The molecule has 0 aromatic carbocycles. The van der Waals surface area contributed by atoms with Crippen LogP contribution in [0.15, 0.2) is 17.1 Å². The quantitative estimate of drug-likeness (QED) is 0.353. The maximum Gasteiger partial charge on any atom is 0.303 e. The number of nitrogens with zero attached hydrogens (tertiary/aromatic N) is 1. The summed E-state index contributed by atoms with van der Waals surface area (Å²) in [5, 5.41) is 30.7. The lowest BCUT2D eigenvalue weighted by atomic mass is 9.83. The third-order valence-electron chi connectivity index (χ3n) is 6.23. The molecular formula is C21H29NO4S. The fourth-order valence-corrected chi connectivity index (χ4v) is 5.80. The molecule has 2 fully saturated rings. The third-order valence-corrected chi connectivity index (χ3v) is 7.31. The van der Waals surface area contributed by atoms with Crippen molar-refractivity contribution in [3.63, 3.8) is 0 Å². The SMILES string of the molecule is C#CC12CC(O)C(/C=C/C(O)C3CCCC3)C1CC(SCCCC(=O)O)=N2. The number of rotatable bonds is 7. The number of hydrogen-bond donors (Lipinski definition) is 3. The minimum atomic E-state index is -0.782. The topological polar surface area (TPSA) is 90.1 Å². The Bertz CT molecular complexity index is 649. The number of aliphatic hydroxyl groups excluding tert-OH is 2. The minimum absolute atomic E-state index is 0.0477. The molecule has 27 heavy (non-hydrogen) atoms. The molecule has 5 unspecified atom stereocenters. The van der Waals surface area contributed by atoms with Crippen molar-refractivity contribution in [2.45, 2.75) is 69.1 Å². The molecule has 0 aromatic heterocycles. The summed E-state index contributed by atoms with van der Waals surface area (Å²) in [7, 11) is 0. The fraction of sp³-hybridized carbons (Fsp3) is 0.714. The van der Waals surface area contributed by atoms with Crippen LogP contribution in [0, 0.1) is 30.1 Å². The van der Waals surface area contributed by atoms with E-state index in [4.69, 9.17) is 16.5 Å². The first-order valence-electron chi connectivity index (χ1n) is 9.91. The van der Waals surface area contributed by atoms with Gasteiger partial charge in [0.05, 0.1) is 17.3 Å². The number of thioether (sulfide) groups is 1. The van der Waals surface area contributed by atoms with Crippen LogP contribution >= 0.6 is 11.8 Å². The molecule has 148 valence electrons. The standard InChI is InChI=1S/C21H29NO4S/c1-2-21-13-18(24)15(9-10-17(23)14-6-3-4-7-14)16(21)12-19(22-21)27-11-5-8-20(25)26/h1,9-10,14-18,23-24H,3-8,11-13H2,(H,25,26)/b10-9+. The lowest BCUT2D eigenvalue weighted by Crippen LogP contribution is -2.27. The molecule has 0 aromatic rings. The van der Waals surface area contributed by atoms with Gasteiger partial charge in [0.1, 0.15) is 5.54 Å². The summed E-state index contributed by atoms with van der Waals surface area (Å²) in [6.07, 6.45) is 15.1. The summed E-state index contributed by atoms with van der Waals surface area (Å²) in [5.74, 6) is 3.04. The van der Waals surface area contributed by atoms with E-state index in [0.29, 0.717) is 30.9 Å². The van der Waals surface area contributed by atoms with Crippen molar-refractivity contribution in [3.8, 4) is 12.3 Å². The molecule has 1 heterocycles. The summed E-state index contributed by atoms with van der Waals surface area (Å²) < 4.78 is 0. The van der Waals surface area contributed by atoms with Gasteiger partial charge in [0.25, 0.3) is 0 Å². The highest BCUT2D eigenvalue weighted by atomic mass is 32.2. The zero-order valence-electron chi connectivity index (χ0n) is 15.6.